The summed E-state index contributed by atoms with van der Waals surface area (Å²) in [5, 5.41) is 8.99. The van der Waals surface area contributed by atoms with Crippen molar-refractivity contribution in [3.05, 3.63) is 0 Å². The number of hydrogen-bond acceptors (Lipinski definition) is 2. The van der Waals surface area contributed by atoms with Crippen molar-refractivity contribution in [1.29, 1.82) is 0 Å². The standard InChI is InChI=1S/C14H28O2/c1-10(7-12(3)9-15)6-11(2)8-13(4)14(5)16/h10-13,15H,6-9H2,1-5H3/t10-,11-,12-,13-/m1/s1. The fourth-order valence-corrected chi connectivity index (χ4v) is 2.41. The Bertz CT molecular complexity index is 201. The summed E-state index contributed by atoms with van der Waals surface area (Å²) in [4.78, 5) is 11.2. The molecule has 2 nitrogen and oxygen atoms in total. The van der Waals surface area contributed by atoms with Crippen molar-refractivity contribution in [2.45, 2.75) is 53.9 Å². The predicted molar refractivity (Wildman–Crippen MR) is 68.3 cm³/mol. The lowest BCUT2D eigenvalue weighted by Gasteiger charge is -2.21. The summed E-state index contributed by atoms with van der Waals surface area (Å²) in [5.74, 6) is 2.12. The van der Waals surface area contributed by atoms with Crippen LogP contribution in [-0.4, -0.2) is 17.5 Å². The van der Waals surface area contributed by atoms with Crippen LogP contribution in [0.15, 0.2) is 0 Å². The van der Waals surface area contributed by atoms with E-state index in [4.69, 9.17) is 5.11 Å². The minimum absolute atomic E-state index is 0.192. The van der Waals surface area contributed by atoms with E-state index in [9.17, 15) is 4.79 Å². The number of aliphatic hydroxyl groups is 1. The van der Waals surface area contributed by atoms with Gasteiger partial charge in [0.2, 0.25) is 0 Å². The van der Waals surface area contributed by atoms with Crippen LogP contribution in [0.3, 0.4) is 0 Å². The molecule has 4 atom stereocenters. The van der Waals surface area contributed by atoms with E-state index in [1.54, 1.807) is 6.92 Å². The molecule has 0 radical (unpaired) electrons. The smallest absolute Gasteiger partial charge is 0.132 e. The third kappa shape index (κ3) is 7.00. The summed E-state index contributed by atoms with van der Waals surface area (Å²) in [7, 11) is 0. The van der Waals surface area contributed by atoms with Crippen LogP contribution in [0.1, 0.15) is 53.9 Å². The monoisotopic (exact) mass is 228 g/mol. The van der Waals surface area contributed by atoms with Crippen molar-refractivity contribution < 1.29 is 9.90 Å². The second kappa shape index (κ2) is 7.83. The molecule has 1 N–H and O–H groups in total. The topological polar surface area (TPSA) is 37.3 Å². The van der Waals surface area contributed by atoms with Crippen molar-refractivity contribution in [2.75, 3.05) is 6.61 Å². The predicted octanol–water partition coefficient (Wildman–Crippen LogP) is 3.28. The molecule has 2 heteroatoms. The van der Waals surface area contributed by atoms with Gasteiger partial charge in [0.1, 0.15) is 5.78 Å². The molecule has 0 aromatic carbocycles. The maximum absolute atomic E-state index is 11.2. The number of ketones is 1. The molecule has 0 heterocycles. The van der Waals surface area contributed by atoms with Crippen LogP contribution in [0.4, 0.5) is 0 Å². The summed E-state index contributed by atoms with van der Waals surface area (Å²) in [6, 6.07) is 0. The third-order valence-electron chi connectivity index (χ3n) is 3.37. The Morgan fingerprint density at radius 3 is 1.81 bits per heavy atom. The molecular weight excluding hydrogens is 200 g/mol. The number of hydrogen-bond donors (Lipinski definition) is 1. The van der Waals surface area contributed by atoms with Crippen molar-refractivity contribution in [3.63, 3.8) is 0 Å². The van der Waals surface area contributed by atoms with Gasteiger partial charge in [-0.1, -0.05) is 27.7 Å². The summed E-state index contributed by atoms with van der Waals surface area (Å²) in [6.45, 7) is 10.5. The van der Waals surface area contributed by atoms with Crippen molar-refractivity contribution >= 4 is 5.78 Å². The average molecular weight is 228 g/mol. The van der Waals surface area contributed by atoms with Crippen LogP contribution in [-0.2, 0) is 4.79 Å². The zero-order valence-corrected chi connectivity index (χ0v) is 11.5. The van der Waals surface area contributed by atoms with Crippen molar-refractivity contribution in [1.82, 2.24) is 0 Å². The van der Waals surface area contributed by atoms with Crippen LogP contribution in [0.5, 0.6) is 0 Å². The first-order chi connectivity index (χ1) is 7.36. The normalized spacial score (nSPS) is 18.9. The van der Waals surface area contributed by atoms with Gasteiger partial charge in [0.15, 0.2) is 0 Å². The van der Waals surface area contributed by atoms with Crippen molar-refractivity contribution in [2.24, 2.45) is 23.7 Å². The molecule has 0 amide bonds. The molecule has 0 rings (SSSR count). The van der Waals surface area contributed by atoms with Gasteiger partial charge in [0, 0.05) is 12.5 Å². The molecule has 0 aliphatic rings. The minimum Gasteiger partial charge on any atom is -0.396 e. The highest BCUT2D eigenvalue weighted by Gasteiger charge is 2.16. The molecule has 0 aliphatic heterocycles. The van der Waals surface area contributed by atoms with E-state index in [0.29, 0.717) is 23.5 Å². The largest absolute Gasteiger partial charge is 0.396 e. The molecule has 0 bridgehead atoms. The Balaban J connectivity index is 3.86. The van der Waals surface area contributed by atoms with Crippen LogP contribution in [0.25, 0.3) is 0 Å². The lowest BCUT2D eigenvalue weighted by Crippen LogP contribution is -2.14. The Kier molecular flexibility index (Phi) is 7.65. The highest BCUT2D eigenvalue weighted by atomic mass is 16.3. The van der Waals surface area contributed by atoms with Gasteiger partial charge in [-0.05, 0) is 43.9 Å². The van der Waals surface area contributed by atoms with E-state index in [0.717, 1.165) is 19.3 Å². The van der Waals surface area contributed by atoms with Gasteiger partial charge < -0.3 is 5.11 Å². The molecule has 0 saturated heterocycles. The zero-order valence-electron chi connectivity index (χ0n) is 11.5. The quantitative estimate of drug-likeness (QED) is 0.692. The summed E-state index contributed by atoms with van der Waals surface area (Å²) >= 11 is 0. The number of carbonyl (C=O) groups is 1. The van der Waals surface area contributed by atoms with Gasteiger partial charge in [-0.25, -0.2) is 0 Å². The first-order valence-corrected chi connectivity index (χ1v) is 6.48. The third-order valence-corrected chi connectivity index (χ3v) is 3.37. The van der Waals surface area contributed by atoms with Gasteiger partial charge in [-0.15, -0.1) is 0 Å². The van der Waals surface area contributed by atoms with Crippen LogP contribution in [0, 0.1) is 23.7 Å². The van der Waals surface area contributed by atoms with E-state index >= 15 is 0 Å². The summed E-state index contributed by atoms with van der Waals surface area (Å²) in [6.07, 6.45) is 3.23. The SMILES string of the molecule is CC(=O)[C@H](C)C[C@H](C)C[C@@H](C)C[C@@H](C)CO. The Hall–Kier alpha value is -0.370. The van der Waals surface area contributed by atoms with Gasteiger partial charge >= 0.3 is 0 Å². The number of Topliss-reactive ketones (excluding diaryl/α,β-unsaturated/α-hetero) is 1. The van der Waals surface area contributed by atoms with E-state index in [2.05, 4.69) is 20.8 Å². The molecule has 0 unspecified atom stereocenters. The van der Waals surface area contributed by atoms with E-state index in [1.165, 1.54) is 0 Å². The maximum atomic E-state index is 11.2. The lowest BCUT2D eigenvalue weighted by atomic mass is 9.85. The van der Waals surface area contributed by atoms with E-state index in [-0.39, 0.29) is 12.5 Å². The van der Waals surface area contributed by atoms with Crippen LogP contribution >= 0.6 is 0 Å². The second-order valence-corrected chi connectivity index (χ2v) is 5.72. The summed E-state index contributed by atoms with van der Waals surface area (Å²) < 4.78 is 0. The van der Waals surface area contributed by atoms with Gasteiger partial charge in [0.05, 0.1) is 0 Å². The Morgan fingerprint density at radius 2 is 1.38 bits per heavy atom. The molecule has 0 fully saturated rings. The molecule has 0 aromatic heterocycles. The van der Waals surface area contributed by atoms with E-state index < -0.39 is 0 Å². The van der Waals surface area contributed by atoms with Crippen LogP contribution < -0.4 is 0 Å². The van der Waals surface area contributed by atoms with Gasteiger partial charge in [-0.2, -0.15) is 0 Å². The minimum atomic E-state index is 0.192. The zero-order chi connectivity index (χ0) is 12.7. The number of rotatable bonds is 8. The van der Waals surface area contributed by atoms with Gasteiger partial charge in [-0.3, -0.25) is 4.79 Å². The van der Waals surface area contributed by atoms with E-state index in [1.807, 2.05) is 6.92 Å². The molecule has 96 valence electrons. The highest BCUT2D eigenvalue weighted by Crippen LogP contribution is 2.24. The number of aliphatic hydroxyl groups excluding tert-OH is 1. The highest BCUT2D eigenvalue weighted by molar-refractivity contribution is 5.77. The molecule has 0 saturated carbocycles. The molecular formula is C14H28O2. The molecule has 16 heavy (non-hydrogen) atoms. The average Bonchev–Trinajstić information content (AvgIpc) is 2.16. The fourth-order valence-electron chi connectivity index (χ4n) is 2.41. The van der Waals surface area contributed by atoms with Gasteiger partial charge in [0.25, 0.3) is 0 Å². The Labute approximate surface area is 100 Å². The second-order valence-electron chi connectivity index (χ2n) is 5.72. The Morgan fingerprint density at radius 1 is 0.938 bits per heavy atom. The molecule has 0 aromatic rings. The number of carbonyl (C=O) groups excluding carboxylic acids is 1. The van der Waals surface area contributed by atoms with Crippen molar-refractivity contribution in [3.8, 4) is 0 Å². The first kappa shape index (κ1) is 15.6. The summed E-state index contributed by atoms with van der Waals surface area (Å²) in [5.41, 5.74) is 0. The van der Waals surface area contributed by atoms with Crippen LogP contribution in [0.2, 0.25) is 0 Å². The maximum Gasteiger partial charge on any atom is 0.132 e. The molecule has 0 spiro atoms. The lowest BCUT2D eigenvalue weighted by molar-refractivity contribution is -0.120. The fraction of sp³-hybridized carbons (Fsp3) is 0.929. The first-order valence-electron chi connectivity index (χ1n) is 6.48. The molecule has 0 aliphatic carbocycles.